The van der Waals surface area contributed by atoms with Crippen molar-refractivity contribution in [1.82, 2.24) is 5.32 Å². The van der Waals surface area contributed by atoms with Crippen LogP contribution < -0.4 is 14.8 Å². The van der Waals surface area contributed by atoms with Gasteiger partial charge in [-0.1, -0.05) is 26.8 Å². The molecule has 118 valence electrons. The standard InChI is InChI=1S/C18H29NO2/c1-5-9-20-16-8-7-14(11-17(16)21-10-6-2)18(3)12-15(18)13-19-4/h7-8,11,15,19H,5-6,9-10,12-13H2,1-4H3. The lowest BCUT2D eigenvalue weighted by molar-refractivity contribution is 0.268. The Labute approximate surface area is 129 Å². The zero-order chi connectivity index (χ0) is 15.3. The summed E-state index contributed by atoms with van der Waals surface area (Å²) in [6.45, 7) is 9.15. The zero-order valence-electron chi connectivity index (χ0n) is 13.9. The van der Waals surface area contributed by atoms with Crippen molar-refractivity contribution in [2.24, 2.45) is 5.92 Å². The molecule has 0 saturated heterocycles. The predicted octanol–water partition coefficient (Wildman–Crippen LogP) is 3.76. The fourth-order valence-electron chi connectivity index (χ4n) is 2.87. The van der Waals surface area contributed by atoms with Gasteiger partial charge in [-0.2, -0.15) is 0 Å². The third-order valence-corrected chi connectivity index (χ3v) is 4.39. The molecular formula is C18H29NO2. The van der Waals surface area contributed by atoms with E-state index in [9.17, 15) is 0 Å². The second kappa shape index (κ2) is 7.17. The molecule has 2 atom stereocenters. The molecule has 1 aliphatic rings. The number of hydrogen-bond donors (Lipinski definition) is 1. The van der Waals surface area contributed by atoms with E-state index < -0.39 is 0 Å². The minimum absolute atomic E-state index is 0.288. The molecule has 3 nitrogen and oxygen atoms in total. The van der Waals surface area contributed by atoms with Gasteiger partial charge >= 0.3 is 0 Å². The van der Waals surface area contributed by atoms with Crippen molar-refractivity contribution < 1.29 is 9.47 Å². The average Bonchev–Trinajstić information content (AvgIpc) is 3.15. The Morgan fingerprint density at radius 2 is 1.81 bits per heavy atom. The highest BCUT2D eigenvalue weighted by molar-refractivity contribution is 5.47. The lowest BCUT2D eigenvalue weighted by atomic mass is 9.95. The highest BCUT2D eigenvalue weighted by Crippen LogP contribution is 2.54. The molecule has 3 heteroatoms. The number of rotatable bonds is 9. The summed E-state index contributed by atoms with van der Waals surface area (Å²) in [5.41, 5.74) is 1.66. The van der Waals surface area contributed by atoms with E-state index in [1.54, 1.807) is 0 Å². The summed E-state index contributed by atoms with van der Waals surface area (Å²) < 4.78 is 11.7. The first kappa shape index (κ1) is 16.2. The van der Waals surface area contributed by atoms with Crippen molar-refractivity contribution in [3.8, 4) is 11.5 Å². The largest absolute Gasteiger partial charge is 0.490 e. The molecule has 1 saturated carbocycles. The Bertz CT molecular complexity index is 461. The van der Waals surface area contributed by atoms with E-state index in [2.05, 4.69) is 44.3 Å². The van der Waals surface area contributed by atoms with Gasteiger partial charge in [0.05, 0.1) is 13.2 Å². The van der Waals surface area contributed by atoms with Crippen LogP contribution in [0.15, 0.2) is 18.2 Å². The molecule has 0 aromatic heterocycles. The Balaban J connectivity index is 2.16. The summed E-state index contributed by atoms with van der Waals surface area (Å²) in [6.07, 6.45) is 3.27. The van der Waals surface area contributed by atoms with Gasteiger partial charge in [-0.05, 0) is 61.9 Å². The van der Waals surface area contributed by atoms with E-state index >= 15 is 0 Å². The number of benzene rings is 1. The monoisotopic (exact) mass is 291 g/mol. The average molecular weight is 291 g/mol. The van der Waals surface area contributed by atoms with Crippen LogP contribution in [0, 0.1) is 5.92 Å². The first-order valence-electron chi connectivity index (χ1n) is 8.20. The van der Waals surface area contributed by atoms with Crippen molar-refractivity contribution in [2.75, 3.05) is 26.8 Å². The van der Waals surface area contributed by atoms with Crippen molar-refractivity contribution in [3.63, 3.8) is 0 Å². The highest BCUT2D eigenvalue weighted by Gasteiger charge is 2.50. The van der Waals surface area contributed by atoms with Crippen LogP contribution in [0.4, 0.5) is 0 Å². The second-order valence-electron chi connectivity index (χ2n) is 6.23. The van der Waals surface area contributed by atoms with Crippen LogP contribution in [0.1, 0.15) is 45.6 Å². The zero-order valence-corrected chi connectivity index (χ0v) is 13.9. The molecule has 0 amide bonds. The first-order chi connectivity index (χ1) is 10.2. The van der Waals surface area contributed by atoms with E-state index in [4.69, 9.17) is 9.47 Å². The van der Waals surface area contributed by atoms with E-state index in [1.165, 1.54) is 12.0 Å². The van der Waals surface area contributed by atoms with Crippen LogP contribution in [0.5, 0.6) is 11.5 Å². The molecule has 21 heavy (non-hydrogen) atoms. The minimum Gasteiger partial charge on any atom is -0.490 e. The van der Waals surface area contributed by atoms with Crippen LogP contribution in [0.2, 0.25) is 0 Å². The molecule has 0 heterocycles. The molecule has 1 fully saturated rings. The summed E-state index contributed by atoms with van der Waals surface area (Å²) in [6, 6.07) is 6.48. The predicted molar refractivity (Wildman–Crippen MR) is 87.4 cm³/mol. The molecule has 0 bridgehead atoms. The van der Waals surface area contributed by atoms with Crippen LogP contribution in [0.3, 0.4) is 0 Å². The smallest absolute Gasteiger partial charge is 0.161 e. The maximum atomic E-state index is 5.90. The van der Waals surface area contributed by atoms with E-state index in [0.29, 0.717) is 0 Å². The molecule has 0 radical (unpaired) electrons. The summed E-state index contributed by atoms with van der Waals surface area (Å²) in [5.74, 6) is 2.51. The number of hydrogen-bond acceptors (Lipinski definition) is 3. The Hall–Kier alpha value is -1.22. The first-order valence-corrected chi connectivity index (χ1v) is 8.20. The number of ether oxygens (including phenoxy) is 2. The van der Waals surface area contributed by atoms with Crippen LogP contribution in [-0.4, -0.2) is 26.8 Å². The maximum absolute atomic E-state index is 5.90. The lowest BCUT2D eigenvalue weighted by Gasteiger charge is -2.17. The third-order valence-electron chi connectivity index (χ3n) is 4.39. The SMILES string of the molecule is CCCOc1ccc(C2(C)CC2CNC)cc1OCCC. The summed E-state index contributed by atoms with van der Waals surface area (Å²) in [4.78, 5) is 0. The van der Waals surface area contributed by atoms with Gasteiger partial charge in [0.2, 0.25) is 0 Å². The van der Waals surface area contributed by atoms with E-state index in [1.807, 2.05) is 7.05 Å². The van der Waals surface area contributed by atoms with Gasteiger partial charge in [0.1, 0.15) is 0 Å². The third kappa shape index (κ3) is 3.70. The summed E-state index contributed by atoms with van der Waals surface area (Å²) >= 11 is 0. The van der Waals surface area contributed by atoms with Gasteiger partial charge < -0.3 is 14.8 Å². The van der Waals surface area contributed by atoms with E-state index in [0.717, 1.165) is 50.0 Å². The van der Waals surface area contributed by atoms with Crippen molar-refractivity contribution in [3.05, 3.63) is 23.8 Å². The topological polar surface area (TPSA) is 30.5 Å². The second-order valence-corrected chi connectivity index (χ2v) is 6.23. The van der Waals surface area contributed by atoms with Gasteiger partial charge in [-0.25, -0.2) is 0 Å². The molecular weight excluding hydrogens is 262 g/mol. The Morgan fingerprint density at radius 3 is 2.43 bits per heavy atom. The molecule has 1 N–H and O–H groups in total. The fraction of sp³-hybridized carbons (Fsp3) is 0.667. The van der Waals surface area contributed by atoms with Gasteiger partial charge in [-0.3, -0.25) is 0 Å². The van der Waals surface area contributed by atoms with Crippen molar-refractivity contribution >= 4 is 0 Å². The Kier molecular flexibility index (Phi) is 5.51. The van der Waals surface area contributed by atoms with Crippen molar-refractivity contribution in [2.45, 2.75) is 45.4 Å². The van der Waals surface area contributed by atoms with Gasteiger partial charge in [-0.15, -0.1) is 0 Å². The molecule has 2 rings (SSSR count). The summed E-state index contributed by atoms with van der Waals surface area (Å²) in [7, 11) is 2.02. The lowest BCUT2D eigenvalue weighted by Crippen LogP contribution is -2.16. The molecule has 1 aromatic carbocycles. The van der Waals surface area contributed by atoms with Crippen molar-refractivity contribution in [1.29, 1.82) is 0 Å². The molecule has 1 aromatic rings. The van der Waals surface area contributed by atoms with Crippen LogP contribution in [0.25, 0.3) is 0 Å². The quantitative estimate of drug-likeness (QED) is 0.751. The number of nitrogens with one attached hydrogen (secondary N) is 1. The maximum Gasteiger partial charge on any atom is 0.161 e. The molecule has 1 aliphatic carbocycles. The van der Waals surface area contributed by atoms with Crippen LogP contribution in [-0.2, 0) is 5.41 Å². The van der Waals surface area contributed by atoms with Gasteiger partial charge in [0.25, 0.3) is 0 Å². The molecule has 0 aliphatic heterocycles. The molecule has 2 unspecified atom stereocenters. The minimum atomic E-state index is 0.288. The highest BCUT2D eigenvalue weighted by atomic mass is 16.5. The van der Waals surface area contributed by atoms with E-state index in [-0.39, 0.29) is 5.41 Å². The molecule has 0 spiro atoms. The Morgan fingerprint density at radius 1 is 1.14 bits per heavy atom. The van der Waals surface area contributed by atoms with Gasteiger partial charge in [0, 0.05) is 0 Å². The normalized spacial score (nSPS) is 23.9. The van der Waals surface area contributed by atoms with Crippen LogP contribution >= 0.6 is 0 Å². The van der Waals surface area contributed by atoms with Gasteiger partial charge in [0.15, 0.2) is 11.5 Å². The summed E-state index contributed by atoms with van der Waals surface area (Å²) in [5, 5.41) is 3.29. The fourth-order valence-corrected chi connectivity index (χ4v) is 2.87.